The Bertz CT molecular complexity index is 848. The fourth-order valence-corrected chi connectivity index (χ4v) is 3.38. The summed E-state index contributed by atoms with van der Waals surface area (Å²) in [5, 5.41) is 7.56. The molecule has 0 radical (unpaired) electrons. The third kappa shape index (κ3) is 4.70. The number of carbonyl (C=O) groups excluding carboxylic acids is 1. The van der Waals surface area contributed by atoms with Crippen LogP contribution in [0.5, 0.6) is 0 Å². The zero-order valence-corrected chi connectivity index (χ0v) is 16.7. The molecule has 0 unspecified atom stereocenters. The van der Waals surface area contributed by atoms with Gasteiger partial charge in [0.05, 0.1) is 11.9 Å². The molecule has 0 fully saturated rings. The molecule has 0 aliphatic carbocycles. The molecular formula is C22H29N5O. The van der Waals surface area contributed by atoms with Gasteiger partial charge in [0, 0.05) is 25.5 Å². The van der Waals surface area contributed by atoms with Gasteiger partial charge in [-0.3, -0.25) is 4.79 Å². The quantitative estimate of drug-likeness (QED) is 0.586. The Labute approximate surface area is 166 Å². The fraction of sp³-hybridized carbons (Fsp3) is 0.364. The van der Waals surface area contributed by atoms with Crippen LogP contribution in [0.1, 0.15) is 37.0 Å². The number of hydrogen-bond acceptors (Lipinski definition) is 3. The van der Waals surface area contributed by atoms with Crippen LogP contribution < -0.4 is 5.32 Å². The molecule has 0 aliphatic rings. The maximum Gasteiger partial charge on any atom is 0.256 e. The highest BCUT2D eigenvalue weighted by atomic mass is 16.1. The molecule has 3 rings (SSSR count). The fourth-order valence-electron chi connectivity index (χ4n) is 3.38. The van der Waals surface area contributed by atoms with Gasteiger partial charge in [-0.1, -0.05) is 32.0 Å². The van der Waals surface area contributed by atoms with Gasteiger partial charge in [0.25, 0.3) is 5.91 Å². The molecule has 1 aromatic carbocycles. The van der Waals surface area contributed by atoms with Crippen molar-refractivity contribution in [3.63, 3.8) is 0 Å². The summed E-state index contributed by atoms with van der Waals surface area (Å²) in [5.41, 5.74) is 1.49. The first kappa shape index (κ1) is 19.9. The molecule has 2 aromatic heterocycles. The SMILES string of the molecule is CCCN(CCC)CCNC(=O)c1cnn(-c2ccccc2)c1-n1cccc1. The van der Waals surface area contributed by atoms with E-state index in [0.29, 0.717) is 12.1 Å². The summed E-state index contributed by atoms with van der Waals surface area (Å²) in [6.07, 6.45) is 7.74. The van der Waals surface area contributed by atoms with Crippen molar-refractivity contribution in [3.05, 3.63) is 66.6 Å². The van der Waals surface area contributed by atoms with Crippen LogP contribution in [-0.2, 0) is 0 Å². The maximum atomic E-state index is 12.9. The summed E-state index contributed by atoms with van der Waals surface area (Å²) in [6.45, 7) is 7.97. The summed E-state index contributed by atoms with van der Waals surface area (Å²) in [7, 11) is 0. The van der Waals surface area contributed by atoms with E-state index in [-0.39, 0.29) is 5.91 Å². The molecule has 0 bridgehead atoms. The number of carbonyl (C=O) groups is 1. The number of benzene rings is 1. The van der Waals surface area contributed by atoms with Crippen molar-refractivity contribution in [2.24, 2.45) is 0 Å². The lowest BCUT2D eigenvalue weighted by Gasteiger charge is -2.21. The van der Waals surface area contributed by atoms with Crippen LogP contribution in [0.3, 0.4) is 0 Å². The molecule has 6 nitrogen and oxygen atoms in total. The van der Waals surface area contributed by atoms with Crippen molar-refractivity contribution in [1.29, 1.82) is 0 Å². The highest BCUT2D eigenvalue weighted by molar-refractivity contribution is 5.97. The van der Waals surface area contributed by atoms with Crippen LogP contribution in [0.2, 0.25) is 0 Å². The van der Waals surface area contributed by atoms with E-state index in [1.165, 1.54) is 0 Å². The van der Waals surface area contributed by atoms with E-state index in [4.69, 9.17) is 0 Å². The molecule has 28 heavy (non-hydrogen) atoms. The lowest BCUT2D eigenvalue weighted by Crippen LogP contribution is -2.36. The van der Waals surface area contributed by atoms with Crippen LogP contribution in [-0.4, -0.2) is 51.3 Å². The van der Waals surface area contributed by atoms with Gasteiger partial charge in [0.2, 0.25) is 0 Å². The number of nitrogens with one attached hydrogen (secondary N) is 1. The second kappa shape index (κ2) is 9.90. The van der Waals surface area contributed by atoms with E-state index in [1.54, 1.807) is 10.9 Å². The summed E-state index contributed by atoms with van der Waals surface area (Å²) >= 11 is 0. The number of rotatable bonds is 10. The lowest BCUT2D eigenvalue weighted by molar-refractivity contribution is 0.0948. The maximum absolute atomic E-state index is 12.9. The molecule has 0 spiro atoms. The first-order valence-corrected chi connectivity index (χ1v) is 10.0. The van der Waals surface area contributed by atoms with Crippen LogP contribution in [0.25, 0.3) is 11.5 Å². The van der Waals surface area contributed by atoms with E-state index in [2.05, 4.69) is 29.2 Å². The highest BCUT2D eigenvalue weighted by Gasteiger charge is 2.19. The first-order valence-electron chi connectivity index (χ1n) is 10.0. The minimum atomic E-state index is -0.0983. The topological polar surface area (TPSA) is 55.1 Å². The lowest BCUT2D eigenvalue weighted by atomic mass is 10.2. The van der Waals surface area contributed by atoms with Gasteiger partial charge in [-0.25, -0.2) is 4.68 Å². The minimum Gasteiger partial charge on any atom is -0.351 e. The summed E-state index contributed by atoms with van der Waals surface area (Å²) in [6, 6.07) is 13.7. The Hall–Kier alpha value is -2.86. The number of amides is 1. The summed E-state index contributed by atoms with van der Waals surface area (Å²) in [4.78, 5) is 15.3. The van der Waals surface area contributed by atoms with E-state index in [1.807, 2.05) is 59.4 Å². The molecule has 148 valence electrons. The van der Waals surface area contributed by atoms with Gasteiger partial charge in [0.1, 0.15) is 5.56 Å². The Morgan fingerprint density at radius 3 is 2.32 bits per heavy atom. The summed E-state index contributed by atoms with van der Waals surface area (Å²) < 4.78 is 3.73. The van der Waals surface area contributed by atoms with E-state index in [0.717, 1.165) is 44.0 Å². The number of hydrogen-bond donors (Lipinski definition) is 1. The molecule has 0 saturated heterocycles. The zero-order chi connectivity index (χ0) is 19.8. The monoisotopic (exact) mass is 379 g/mol. The predicted molar refractivity (Wildman–Crippen MR) is 112 cm³/mol. The van der Waals surface area contributed by atoms with Gasteiger partial charge >= 0.3 is 0 Å². The van der Waals surface area contributed by atoms with Crippen molar-refractivity contribution in [2.45, 2.75) is 26.7 Å². The molecule has 6 heteroatoms. The molecule has 1 N–H and O–H groups in total. The van der Waals surface area contributed by atoms with Crippen molar-refractivity contribution in [1.82, 2.24) is 24.6 Å². The van der Waals surface area contributed by atoms with Gasteiger partial charge in [-0.05, 0) is 50.2 Å². The average Bonchev–Trinajstić information content (AvgIpc) is 3.38. The Kier molecular flexibility index (Phi) is 7.03. The molecule has 1 amide bonds. The molecule has 2 heterocycles. The van der Waals surface area contributed by atoms with Crippen molar-refractivity contribution >= 4 is 5.91 Å². The second-order valence-corrected chi connectivity index (χ2v) is 6.82. The first-order chi connectivity index (χ1) is 13.7. The highest BCUT2D eigenvalue weighted by Crippen LogP contribution is 2.19. The molecule has 3 aromatic rings. The van der Waals surface area contributed by atoms with Crippen LogP contribution in [0.15, 0.2) is 61.1 Å². The molecular weight excluding hydrogens is 350 g/mol. The van der Waals surface area contributed by atoms with E-state index >= 15 is 0 Å². The largest absolute Gasteiger partial charge is 0.351 e. The number of aromatic nitrogens is 3. The predicted octanol–water partition coefficient (Wildman–Crippen LogP) is 3.51. The van der Waals surface area contributed by atoms with E-state index < -0.39 is 0 Å². The van der Waals surface area contributed by atoms with Crippen molar-refractivity contribution in [3.8, 4) is 11.5 Å². The average molecular weight is 380 g/mol. The molecule has 0 saturated carbocycles. The third-order valence-electron chi connectivity index (χ3n) is 4.63. The molecule has 0 atom stereocenters. The Morgan fingerprint density at radius 1 is 1.00 bits per heavy atom. The second-order valence-electron chi connectivity index (χ2n) is 6.82. The van der Waals surface area contributed by atoms with E-state index in [9.17, 15) is 4.79 Å². The minimum absolute atomic E-state index is 0.0983. The van der Waals surface area contributed by atoms with Crippen LogP contribution >= 0.6 is 0 Å². The van der Waals surface area contributed by atoms with Crippen molar-refractivity contribution in [2.75, 3.05) is 26.2 Å². The summed E-state index contributed by atoms with van der Waals surface area (Å²) in [5.74, 6) is 0.645. The smallest absolute Gasteiger partial charge is 0.256 e. The standard InChI is InChI=1S/C22H29N5O/c1-3-13-25(14-4-2)17-12-23-21(28)20-18-24-27(19-10-6-5-7-11-19)22(20)26-15-8-9-16-26/h5-11,15-16,18H,3-4,12-14,17H2,1-2H3,(H,23,28). The van der Waals surface area contributed by atoms with Gasteiger partial charge in [-0.2, -0.15) is 5.10 Å². The molecule has 0 aliphatic heterocycles. The zero-order valence-electron chi connectivity index (χ0n) is 16.7. The Morgan fingerprint density at radius 2 is 1.68 bits per heavy atom. The van der Waals surface area contributed by atoms with Crippen molar-refractivity contribution < 1.29 is 4.79 Å². The van der Waals surface area contributed by atoms with Crippen LogP contribution in [0, 0.1) is 0 Å². The third-order valence-corrected chi connectivity index (χ3v) is 4.63. The normalized spacial score (nSPS) is 11.1. The Balaban J connectivity index is 1.78. The van der Waals surface area contributed by atoms with Gasteiger partial charge < -0.3 is 14.8 Å². The van der Waals surface area contributed by atoms with Gasteiger partial charge in [0.15, 0.2) is 5.82 Å². The van der Waals surface area contributed by atoms with Crippen LogP contribution in [0.4, 0.5) is 0 Å². The number of para-hydroxylation sites is 1. The number of nitrogens with zero attached hydrogens (tertiary/aromatic N) is 4. The van der Waals surface area contributed by atoms with Gasteiger partial charge in [-0.15, -0.1) is 0 Å².